The molecule has 2 heterocycles. The van der Waals surface area contributed by atoms with Crippen LogP contribution in [0.3, 0.4) is 0 Å². The number of hydrogen-bond acceptors (Lipinski definition) is 3. The van der Waals surface area contributed by atoms with Crippen LogP contribution in [0.15, 0.2) is 79.1 Å². The molecule has 134 valence electrons. The van der Waals surface area contributed by atoms with Crippen LogP contribution >= 0.6 is 0 Å². The summed E-state index contributed by atoms with van der Waals surface area (Å²) in [5, 5.41) is 3.96. The minimum atomic E-state index is -0.591. The zero-order valence-electron chi connectivity index (χ0n) is 14.7. The predicted molar refractivity (Wildman–Crippen MR) is 108 cm³/mol. The summed E-state index contributed by atoms with van der Waals surface area (Å²) in [4.78, 5) is 19.8. The molecule has 0 bridgehead atoms. The molecule has 4 rings (SSSR count). The molecule has 0 radical (unpaired) electrons. The Morgan fingerprint density at radius 2 is 1.81 bits per heavy atom. The molecule has 2 aromatic heterocycles. The molecular weight excluding hydrogens is 336 g/mol. The number of nitrogens with two attached hydrogens (primary N) is 1. The van der Waals surface area contributed by atoms with Crippen LogP contribution in [0.1, 0.15) is 5.56 Å². The van der Waals surface area contributed by atoms with E-state index in [2.05, 4.69) is 15.3 Å². The average molecular weight is 356 g/mol. The highest BCUT2D eigenvalue weighted by molar-refractivity contribution is 5.96. The van der Waals surface area contributed by atoms with Crippen molar-refractivity contribution in [3.63, 3.8) is 0 Å². The number of fused-ring (bicyclic) bond motifs is 1. The minimum absolute atomic E-state index is 0.191. The summed E-state index contributed by atoms with van der Waals surface area (Å²) in [6, 6.07) is 20.9. The first-order chi connectivity index (χ1) is 13.2. The van der Waals surface area contributed by atoms with Gasteiger partial charge in [0.25, 0.3) is 0 Å². The van der Waals surface area contributed by atoms with E-state index < -0.39 is 6.04 Å². The van der Waals surface area contributed by atoms with Gasteiger partial charge in [-0.05, 0) is 47.4 Å². The lowest BCUT2D eigenvalue weighted by atomic mass is 10.0. The quantitative estimate of drug-likeness (QED) is 0.509. The van der Waals surface area contributed by atoms with Gasteiger partial charge in [-0.15, -0.1) is 0 Å². The van der Waals surface area contributed by atoms with Crippen LogP contribution < -0.4 is 11.1 Å². The third-order valence-electron chi connectivity index (χ3n) is 4.56. The summed E-state index contributed by atoms with van der Waals surface area (Å²) in [6.07, 6.45) is 4.17. The number of nitrogens with zero attached hydrogens (tertiary/aromatic N) is 1. The highest BCUT2D eigenvalue weighted by Crippen LogP contribution is 2.27. The number of hydrogen-bond donors (Lipinski definition) is 3. The van der Waals surface area contributed by atoms with Crippen molar-refractivity contribution in [3.8, 4) is 11.1 Å². The van der Waals surface area contributed by atoms with Crippen LogP contribution in [0, 0.1) is 0 Å². The zero-order chi connectivity index (χ0) is 18.6. The van der Waals surface area contributed by atoms with Crippen molar-refractivity contribution in [2.75, 3.05) is 5.32 Å². The topological polar surface area (TPSA) is 83.8 Å². The van der Waals surface area contributed by atoms with Gasteiger partial charge >= 0.3 is 0 Å². The first kappa shape index (κ1) is 17.0. The molecule has 0 aliphatic rings. The van der Waals surface area contributed by atoms with Gasteiger partial charge in [-0.2, -0.15) is 0 Å². The second kappa shape index (κ2) is 7.43. The molecule has 1 atom stereocenters. The smallest absolute Gasteiger partial charge is 0.241 e. The SMILES string of the molecule is N[C@H](Cc1ccccc1)C(=O)Nc1ccc(-c2ccnc3[nH]ccc23)cc1. The van der Waals surface area contributed by atoms with Gasteiger partial charge < -0.3 is 16.0 Å². The number of benzene rings is 2. The van der Waals surface area contributed by atoms with E-state index in [1.807, 2.05) is 72.9 Å². The van der Waals surface area contributed by atoms with Crippen molar-refractivity contribution in [2.24, 2.45) is 5.73 Å². The van der Waals surface area contributed by atoms with Crippen molar-refractivity contribution in [2.45, 2.75) is 12.5 Å². The fourth-order valence-electron chi connectivity index (χ4n) is 3.14. The van der Waals surface area contributed by atoms with Crippen LogP contribution in [0.25, 0.3) is 22.2 Å². The molecule has 0 saturated heterocycles. The normalized spacial score (nSPS) is 12.0. The maximum Gasteiger partial charge on any atom is 0.241 e. The Kier molecular flexibility index (Phi) is 4.68. The third kappa shape index (κ3) is 3.73. The van der Waals surface area contributed by atoms with E-state index >= 15 is 0 Å². The van der Waals surface area contributed by atoms with Gasteiger partial charge in [-0.1, -0.05) is 42.5 Å². The number of aromatic amines is 1. The van der Waals surface area contributed by atoms with Gasteiger partial charge in [0.2, 0.25) is 5.91 Å². The lowest BCUT2D eigenvalue weighted by Gasteiger charge is -2.13. The molecule has 0 spiro atoms. The standard InChI is InChI=1S/C22H20N4O/c23-20(14-15-4-2-1-3-5-15)22(27)26-17-8-6-16(7-9-17)18-10-12-24-21-19(18)11-13-25-21/h1-13,20H,14,23H2,(H,24,25)(H,26,27)/t20-/m1/s1. The molecule has 27 heavy (non-hydrogen) atoms. The summed E-state index contributed by atoms with van der Waals surface area (Å²) in [7, 11) is 0. The summed E-state index contributed by atoms with van der Waals surface area (Å²) < 4.78 is 0. The second-order valence-electron chi connectivity index (χ2n) is 6.46. The molecule has 5 heteroatoms. The van der Waals surface area contributed by atoms with Crippen molar-refractivity contribution in [1.29, 1.82) is 0 Å². The number of amides is 1. The lowest BCUT2D eigenvalue weighted by Crippen LogP contribution is -2.37. The van der Waals surface area contributed by atoms with Crippen molar-refractivity contribution < 1.29 is 4.79 Å². The summed E-state index contributed by atoms with van der Waals surface area (Å²) >= 11 is 0. The Bertz CT molecular complexity index is 1050. The van der Waals surface area contributed by atoms with E-state index in [4.69, 9.17) is 5.73 Å². The molecule has 0 fully saturated rings. The van der Waals surface area contributed by atoms with E-state index in [-0.39, 0.29) is 5.91 Å². The molecule has 5 nitrogen and oxygen atoms in total. The zero-order valence-corrected chi connectivity index (χ0v) is 14.7. The number of H-pyrrole nitrogens is 1. The predicted octanol–water partition coefficient (Wildman–Crippen LogP) is 3.74. The Hall–Kier alpha value is -3.44. The molecule has 0 aliphatic carbocycles. The monoisotopic (exact) mass is 356 g/mol. The summed E-state index contributed by atoms with van der Waals surface area (Å²) in [5.41, 5.74) is 10.8. The Morgan fingerprint density at radius 1 is 1.04 bits per heavy atom. The van der Waals surface area contributed by atoms with E-state index in [0.717, 1.165) is 33.4 Å². The van der Waals surface area contributed by atoms with Gasteiger partial charge in [0.1, 0.15) is 5.65 Å². The molecule has 0 unspecified atom stereocenters. The summed E-state index contributed by atoms with van der Waals surface area (Å²) in [5.74, 6) is -0.191. The molecule has 4 N–H and O–H groups in total. The number of pyridine rings is 1. The number of nitrogens with one attached hydrogen (secondary N) is 2. The second-order valence-corrected chi connectivity index (χ2v) is 6.46. The van der Waals surface area contributed by atoms with Crippen LogP contribution in [-0.4, -0.2) is 21.9 Å². The minimum Gasteiger partial charge on any atom is -0.346 e. The molecule has 1 amide bonds. The first-order valence-electron chi connectivity index (χ1n) is 8.83. The van der Waals surface area contributed by atoms with E-state index in [1.54, 1.807) is 6.20 Å². The number of aromatic nitrogens is 2. The number of carbonyl (C=O) groups is 1. The maximum absolute atomic E-state index is 12.4. The van der Waals surface area contributed by atoms with E-state index in [9.17, 15) is 4.79 Å². The fourth-order valence-corrected chi connectivity index (χ4v) is 3.14. The largest absolute Gasteiger partial charge is 0.346 e. The Balaban J connectivity index is 1.46. The number of anilines is 1. The maximum atomic E-state index is 12.4. The third-order valence-corrected chi connectivity index (χ3v) is 4.56. The van der Waals surface area contributed by atoms with Gasteiger partial charge in [0.15, 0.2) is 0 Å². The average Bonchev–Trinajstić information content (AvgIpc) is 3.18. The van der Waals surface area contributed by atoms with Gasteiger partial charge in [-0.3, -0.25) is 4.79 Å². The van der Waals surface area contributed by atoms with Gasteiger partial charge in [-0.25, -0.2) is 4.98 Å². The van der Waals surface area contributed by atoms with Gasteiger partial charge in [0, 0.05) is 23.5 Å². The first-order valence-corrected chi connectivity index (χ1v) is 8.83. The van der Waals surface area contributed by atoms with Crippen LogP contribution in [-0.2, 0) is 11.2 Å². The van der Waals surface area contributed by atoms with Crippen LogP contribution in [0.2, 0.25) is 0 Å². The van der Waals surface area contributed by atoms with Crippen LogP contribution in [0.5, 0.6) is 0 Å². The molecular formula is C22H20N4O. The van der Waals surface area contributed by atoms with Crippen LogP contribution in [0.4, 0.5) is 5.69 Å². The lowest BCUT2D eigenvalue weighted by molar-refractivity contribution is -0.117. The molecule has 0 saturated carbocycles. The highest BCUT2D eigenvalue weighted by Gasteiger charge is 2.14. The van der Waals surface area contributed by atoms with Crippen molar-refractivity contribution in [1.82, 2.24) is 9.97 Å². The van der Waals surface area contributed by atoms with E-state index in [0.29, 0.717) is 6.42 Å². The van der Waals surface area contributed by atoms with Crippen molar-refractivity contribution in [3.05, 3.63) is 84.7 Å². The van der Waals surface area contributed by atoms with Crippen molar-refractivity contribution >= 4 is 22.6 Å². The number of carbonyl (C=O) groups excluding carboxylic acids is 1. The Morgan fingerprint density at radius 3 is 2.59 bits per heavy atom. The molecule has 4 aromatic rings. The summed E-state index contributed by atoms with van der Waals surface area (Å²) in [6.45, 7) is 0. The molecule has 2 aromatic carbocycles. The number of rotatable bonds is 5. The Labute approximate surface area is 157 Å². The fraction of sp³-hybridized carbons (Fsp3) is 0.0909. The molecule has 0 aliphatic heterocycles. The van der Waals surface area contributed by atoms with Gasteiger partial charge in [0.05, 0.1) is 6.04 Å². The highest BCUT2D eigenvalue weighted by atomic mass is 16.2. The van der Waals surface area contributed by atoms with E-state index in [1.165, 1.54) is 0 Å².